The molecule has 0 atom stereocenters. The summed E-state index contributed by atoms with van der Waals surface area (Å²) >= 11 is 0. The summed E-state index contributed by atoms with van der Waals surface area (Å²) in [6, 6.07) is 0. The summed E-state index contributed by atoms with van der Waals surface area (Å²) in [6.07, 6.45) is 5.40. The molecule has 1 rings (SSSR count). The van der Waals surface area contributed by atoms with Crippen molar-refractivity contribution < 1.29 is 4.79 Å². The van der Waals surface area contributed by atoms with Gasteiger partial charge >= 0.3 is 0 Å². The van der Waals surface area contributed by atoms with E-state index < -0.39 is 0 Å². The summed E-state index contributed by atoms with van der Waals surface area (Å²) in [5.74, 6) is 0.365. The van der Waals surface area contributed by atoms with E-state index in [1.807, 2.05) is 18.7 Å². The SMILES string of the molecule is CC.CCCCCC(=O)N1CCN(CCC)CC1. The lowest BCUT2D eigenvalue weighted by Gasteiger charge is -2.34. The van der Waals surface area contributed by atoms with E-state index in [1.165, 1.54) is 25.8 Å². The molecule has 1 fully saturated rings. The molecule has 1 heterocycles. The summed E-state index contributed by atoms with van der Waals surface area (Å²) in [5, 5.41) is 0. The molecule has 1 aliphatic rings. The average Bonchev–Trinajstić information content (AvgIpc) is 2.42. The lowest BCUT2D eigenvalue weighted by atomic mass is 10.2. The smallest absolute Gasteiger partial charge is 0.222 e. The van der Waals surface area contributed by atoms with Crippen molar-refractivity contribution in [2.75, 3.05) is 32.7 Å². The van der Waals surface area contributed by atoms with Crippen LogP contribution >= 0.6 is 0 Å². The zero-order valence-corrected chi connectivity index (χ0v) is 12.9. The first-order valence-corrected chi connectivity index (χ1v) is 7.78. The maximum atomic E-state index is 11.8. The minimum atomic E-state index is 0.365. The van der Waals surface area contributed by atoms with Crippen LogP contribution in [0.1, 0.15) is 59.8 Å². The van der Waals surface area contributed by atoms with E-state index in [9.17, 15) is 4.79 Å². The molecule has 0 N–H and O–H groups in total. The molecule has 0 saturated carbocycles. The van der Waals surface area contributed by atoms with Gasteiger partial charge in [0.1, 0.15) is 0 Å². The molecule has 3 heteroatoms. The first kappa shape index (κ1) is 17.4. The van der Waals surface area contributed by atoms with E-state index in [2.05, 4.69) is 18.7 Å². The largest absolute Gasteiger partial charge is 0.340 e. The Hall–Kier alpha value is -0.570. The van der Waals surface area contributed by atoms with Gasteiger partial charge in [-0.2, -0.15) is 0 Å². The monoisotopic (exact) mass is 256 g/mol. The highest BCUT2D eigenvalue weighted by Crippen LogP contribution is 2.07. The van der Waals surface area contributed by atoms with Crippen LogP contribution in [0.15, 0.2) is 0 Å². The van der Waals surface area contributed by atoms with Gasteiger partial charge in [-0.1, -0.05) is 40.5 Å². The van der Waals surface area contributed by atoms with Crippen LogP contribution < -0.4 is 0 Å². The predicted molar refractivity (Wildman–Crippen MR) is 78.8 cm³/mol. The molecule has 0 aromatic heterocycles. The number of carbonyl (C=O) groups is 1. The fraction of sp³-hybridized carbons (Fsp3) is 0.933. The summed E-state index contributed by atoms with van der Waals surface area (Å²) in [6.45, 7) is 13.6. The van der Waals surface area contributed by atoms with Crippen LogP contribution in [-0.2, 0) is 4.79 Å². The molecule has 0 aromatic carbocycles. The molecule has 1 aliphatic heterocycles. The molecule has 0 spiro atoms. The summed E-state index contributed by atoms with van der Waals surface area (Å²) < 4.78 is 0. The normalized spacial score (nSPS) is 16.1. The summed E-state index contributed by atoms with van der Waals surface area (Å²) in [4.78, 5) is 16.3. The highest BCUT2D eigenvalue weighted by molar-refractivity contribution is 5.76. The van der Waals surface area contributed by atoms with Crippen molar-refractivity contribution >= 4 is 5.91 Å². The molecule has 1 saturated heterocycles. The first-order valence-electron chi connectivity index (χ1n) is 7.78. The third-order valence-corrected chi connectivity index (χ3v) is 3.26. The second kappa shape index (κ2) is 11.5. The Balaban J connectivity index is 0.00000137. The second-order valence-corrected chi connectivity index (χ2v) is 4.68. The van der Waals surface area contributed by atoms with Crippen LogP contribution in [0.25, 0.3) is 0 Å². The van der Waals surface area contributed by atoms with E-state index in [4.69, 9.17) is 0 Å². The highest BCUT2D eigenvalue weighted by atomic mass is 16.2. The second-order valence-electron chi connectivity index (χ2n) is 4.68. The molecule has 0 unspecified atom stereocenters. The van der Waals surface area contributed by atoms with Gasteiger partial charge in [-0.25, -0.2) is 0 Å². The predicted octanol–water partition coefficient (Wildman–Crippen LogP) is 3.15. The van der Waals surface area contributed by atoms with Gasteiger partial charge in [0.25, 0.3) is 0 Å². The van der Waals surface area contributed by atoms with Gasteiger partial charge in [0, 0.05) is 32.6 Å². The topological polar surface area (TPSA) is 23.6 Å². The molecular formula is C15H32N2O. The van der Waals surface area contributed by atoms with Gasteiger partial charge in [-0.05, 0) is 19.4 Å². The number of amides is 1. The van der Waals surface area contributed by atoms with Crippen molar-refractivity contribution in [3.05, 3.63) is 0 Å². The van der Waals surface area contributed by atoms with Crippen LogP contribution in [-0.4, -0.2) is 48.4 Å². The third kappa shape index (κ3) is 7.00. The molecule has 1 amide bonds. The van der Waals surface area contributed by atoms with Crippen molar-refractivity contribution in [2.45, 2.75) is 59.8 Å². The minimum Gasteiger partial charge on any atom is -0.340 e. The Kier molecular flexibility index (Phi) is 11.2. The number of hydrogen-bond donors (Lipinski definition) is 0. The zero-order valence-electron chi connectivity index (χ0n) is 12.9. The molecule has 108 valence electrons. The highest BCUT2D eigenvalue weighted by Gasteiger charge is 2.19. The number of unbranched alkanes of at least 4 members (excludes halogenated alkanes) is 2. The van der Waals surface area contributed by atoms with Gasteiger partial charge in [0.15, 0.2) is 0 Å². The van der Waals surface area contributed by atoms with Crippen LogP contribution in [0, 0.1) is 0 Å². The number of carbonyl (C=O) groups excluding carboxylic acids is 1. The Bertz CT molecular complexity index is 199. The minimum absolute atomic E-state index is 0.365. The fourth-order valence-electron chi connectivity index (χ4n) is 2.22. The van der Waals surface area contributed by atoms with Crippen LogP contribution in [0.3, 0.4) is 0 Å². The van der Waals surface area contributed by atoms with E-state index in [0.29, 0.717) is 5.91 Å². The lowest BCUT2D eigenvalue weighted by Crippen LogP contribution is -2.48. The van der Waals surface area contributed by atoms with Crippen molar-refractivity contribution in [1.29, 1.82) is 0 Å². The van der Waals surface area contributed by atoms with Crippen molar-refractivity contribution in [1.82, 2.24) is 9.80 Å². The van der Waals surface area contributed by atoms with E-state index in [0.717, 1.165) is 39.0 Å². The standard InChI is InChI=1S/C13H26N2O.C2H6/c1-3-5-6-7-13(16)15-11-9-14(8-4-2)10-12-15;1-2/h3-12H2,1-2H3;1-2H3. The summed E-state index contributed by atoms with van der Waals surface area (Å²) in [5.41, 5.74) is 0. The Morgan fingerprint density at radius 1 is 0.944 bits per heavy atom. The summed E-state index contributed by atoms with van der Waals surface area (Å²) in [7, 11) is 0. The number of rotatable bonds is 6. The Morgan fingerprint density at radius 3 is 2.06 bits per heavy atom. The molecule has 0 aromatic rings. The molecule has 3 nitrogen and oxygen atoms in total. The van der Waals surface area contributed by atoms with E-state index >= 15 is 0 Å². The van der Waals surface area contributed by atoms with E-state index in [-0.39, 0.29) is 0 Å². The van der Waals surface area contributed by atoms with Gasteiger partial charge < -0.3 is 4.90 Å². The maximum absolute atomic E-state index is 11.8. The number of hydrogen-bond acceptors (Lipinski definition) is 2. The third-order valence-electron chi connectivity index (χ3n) is 3.26. The number of nitrogens with zero attached hydrogens (tertiary/aromatic N) is 2. The quantitative estimate of drug-likeness (QED) is 0.682. The number of piperazine rings is 1. The molecular weight excluding hydrogens is 224 g/mol. The van der Waals surface area contributed by atoms with Crippen molar-refractivity contribution in [3.63, 3.8) is 0 Å². The first-order chi connectivity index (χ1) is 8.77. The van der Waals surface area contributed by atoms with Gasteiger partial charge in [0.2, 0.25) is 5.91 Å². The molecule has 0 bridgehead atoms. The fourth-order valence-corrected chi connectivity index (χ4v) is 2.22. The maximum Gasteiger partial charge on any atom is 0.222 e. The van der Waals surface area contributed by atoms with Gasteiger partial charge in [0.05, 0.1) is 0 Å². The van der Waals surface area contributed by atoms with Crippen LogP contribution in [0.5, 0.6) is 0 Å². The Labute approximate surface area is 114 Å². The zero-order chi connectivity index (χ0) is 13.8. The van der Waals surface area contributed by atoms with E-state index in [1.54, 1.807) is 0 Å². The Morgan fingerprint density at radius 2 is 1.56 bits per heavy atom. The lowest BCUT2D eigenvalue weighted by molar-refractivity contribution is -0.133. The van der Waals surface area contributed by atoms with Crippen LogP contribution in [0.2, 0.25) is 0 Å². The van der Waals surface area contributed by atoms with Crippen molar-refractivity contribution in [3.8, 4) is 0 Å². The molecule has 0 aliphatic carbocycles. The van der Waals surface area contributed by atoms with Gasteiger partial charge in [-0.15, -0.1) is 0 Å². The molecule has 18 heavy (non-hydrogen) atoms. The van der Waals surface area contributed by atoms with Crippen LogP contribution in [0.4, 0.5) is 0 Å². The molecule has 0 radical (unpaired) electrons. The van der Waals surface area contributed by atoms with Gasteiger partial charge in [-0.3, -0.25) is 9.69 Å². The average molecular weight is 256 g/mol. The van der Waals surface area contributed by atoms with Crippen molar-refractivity contribution in [2.24, 2.45) is 0 Å².